The van der Waals surface area contributed by atoms with Crippen LogP contribution < -0.4 is 5.32 Å². The van der Waals surface area contributed by atoms with Crippen LogP contribution in [0.2, 0.25) is 0 Å². The van der Waals surface area contributed by atoms with Gasteiger partial charge in [0.1, 0.15) is 17.8 Å². The molecule has 154 valence electrons. The van der Waals surface area contributed by atoms with Crippen LogP contribution in [0.5, 0.6) is 0 Å². The van der Waals surface area contributed by atoms with E-state index < -0.39 is 23.4 Å². The van der Waals surface area contributed by atoms with Crippen LogP contribution in [0.15, 0.2) is 71.7 Å². The molecule has 3 aromatic rings. The third kappa shape index (κ3) is 3.69. The van der Waals surface area contributed by atoms with Gasteiger partial charge in [-0.1, -0.05) is 30.3 Å². The van der Waals surface area contributed by atoms with E-state index in [9.17, 15) is 19.1 Å². The van der Waals surface area contributed by atoms with Gasteiger partial charge in [-0.05, 0) is 30.2 Å². The van der Waals surface area contributed by atoms with Crippen molar-refractivity contribution in [2.45, 2.75) is 18.1 Å². The molecule has 3 heterocycles. The second kappa shape index (κ2) is 8.08. The minimum Gasteiger partial charge on any atom is -0.472 e. The molecule has 30 heavy (non-hydrogen) atoms. The molecule has 0 aliphatic carbocycles. The summed E-state index contributed by atoms with van der Waals surface area (Å²) in [7, 11) is 0. The quantitative estimate of drug-likeness (QED) is 0.690. The largest absolute Gasteiger partial charge is 0.472 e. The molecule has 2 aromatic heterocycles. The van der Waals surface area contributed by atoms with E-state index in [1.807, 2.05) is 30.3 Å². The van der Waals surface area contributed by atoms with Crippen LogP contribution in [0, 0.1) is 5.82 Å². The van der Waals surface area contributed by atoms with Gasteiger partial charge in [-0.2, -0.15) is 0 Å². The normalized spacial score (nSPS) is 21.3. The Labute approximate surface area is 172 Å². The SMILES string of the molecule is O=C(N[C@@]1(c2ccccc2)CCN(C(=O)c2ccoc2)C[C@H]1O)c1ccc(F)cn1. The van der Waals surface area contributed by atoms with E-state index in [1.165, 1.54) is 23.5 Å². The van der Waals surface area contributed by atoms with Crippen LogP contribution in [-0.2, 0) is 5.54 Å². The van der Waals surface area contributed by atoms with Crippen molar-refractivity contribution < 1.29 is 23.5 Å². The third-order valence-electron chi connectivity index (χ3n) is 5.38. The van der Waals surface area contributed by atoms with E-state index in [-0.39, 0.29) is 24.6 Å². The number of likely N-dealkylation sites (tertiary alicyclic amines) is 1. The van der Waals surface area contributed by atoms with Gasteiger partial charge in [0.25, 0.3) is 11.8 Å². The Morgan fingerprint density at radius 1 is 1.20 bits per heavy atom. The topological polar surface area (TPSA) is 95.7 Å². The van der Waals surface area contributed by atoms with E-state index >= 15 is 0 Å². The number of nitrogens with one attached hydrogen (secondary N) is 1. The van der Waals surface area contributed by atoms with Gasteiger partial charge in [0.05, 0.1) is 29.7 Å². The predicted molar refractivity (Wildman–Crippen MR) is 105 cm³/mol. The zero-order valence-corrected chi connectivity index (χ0v) is 16.0. The number of carbonyl (C=O) groups excluding carboxylic acids is 2. The van der Waals surface area contributed by atoms with Crippen molar-refractivity contribution in [3.05, 3.63) is 89.9 Å². The number of halogens is 1. The van der Waals surface area contributed by atoms with Gasteiger partial charge >= 0.3 is 0 Å². The third-order valence-corrected chi connectivity index (χ3v) is 5.38. The van der Waals surface area contributed by atoms with Gasteiger partial charge < -0.3 is 19.7 Å². The Morgan fingerprint density at radius 3 is 2.63 bits per heavy atom. The fourth-order valence-corrected chi connectivity index (χ4v) is 3.75. The van der Waals surface area contributed by atoms with Crippen LogP contribution in [0.3, 0.4) is 0 Å². The van der Waals surface area contributed by atoms with Gasteiger partial charge in [-0.25, -0.2) is 9.37 Å². The van der Waals surface area contributed by atoms with Crippen molar-refractivity contribution >= 4 is 11.8 Å². The van der Waals surface area contributed by atoms with Crippen molar-refractivity contribution in [3.63, 3.8) is 0 Å². The highest BCUT2D eigenvalue weighted by Gasteiger charge is 2.46. The summed E-state index contributed by atoms with van der Waals surface area (Å²) in [6.45, 7) is 0.336. The number of aliphatic hydroxyl groups excluding tert-OH is 1. The molecule has 1 saturated heterocycles. The van der Waals surface area contributed by atoms with Gasteiger partial charge in [0.15, 0.2) is 0 Å². The monoisotopic (exact) mass is 409 g/mol. The number of aromatic nitrogens is 1. The summed E-state index contributed by atoms with van der Waals surface area (Å²) in [6.07, 6.45) is 2.95. The predicted octanol–water partition coefficient (Wildman–Crippen LogP) is 2.35. The first-order valence-corrected chi connectivity index (χ1v) is 9.49. The maximum Gasteiger partial charge on any atom is 0.270 e. The number of carbonyl (C=O) groups is 2. The number of amides is 2. The van der Waals surface area contributed by atoms with E-state index in [0.717, 1.165) is 12.3 Å². The average molecular weight is 409 g/mol. The van der Waals surface area contributed by atoms with Crippen LogP contribution >= 0.6 is 0 Å². The second-order valence-electron chi connectivity index (χ2n) is 7.18. The fraction of sp³-hybridized carbons (Fsp3) is 0.227. The Kier molecular flexibility index (Phi) is 5.33. The Balaban J connectivity index is 1.61. The average Bonchev–Trinajstić information content (AvgIpc) is 3.30. The summed E-state index contributed by atoms with van der Waals surface area (Å²) in [5, 5.41) is 14.0. The molecule has 0 unspecified atom stereocenters. The smallest absolute Gasteiger partial charge is 0.270 e. The molecule has 2 amide bonds. The standard InChI is InChI=1S/C22H20FN3O4/c23-17-6-7-18(24-12-17)20(28)25-22(16-4-2-1-3-5-16)9-10-26(13-19(22)27)21(29)15-8-11-30-14-15/h1-8,11-12,14,19,27H,9-10,13H2,(H,25,28)/t19-,22-/m1/s1. The number of β-amino-alcohol motifs (C(OH)–C–C–N with tert-alkyl or cyclic N) is 1. The summed E-state index contributed by atoms with van der Waals surface area (Å²) < 4.78 is 18.1. The Hall–Kier alpha value is -3.52. The van der Waals surface area contributed by atoms with Crippen molar-refractivity contribution in [2.75, 3.05) is 13.1 Å². The van der Waals surface area contributed by atoms with Gasteiger partial charge in [0.2, 0.25) is 0 Å². The van der Waals surface area contributed by atoms with Crippen LogP contribution in [0.4, 0.5) is 4.39 Å². The minimum absolute atomic E-state index is 0.0238. The lowest BCUT2D eigenvalue weighted by Crippen LogP contribution is -2.62. The molecular weight excluding hydrogens is 389 g/mol. The molecule has 0 saturated carbocycles. The van der Waals surface area contributed by atoms with E-state index in [4.69, 9.17) is 4.42 Å². The van der Waals surface area contributed by atoms with Crippen molar-refractivity contribution in [1.29, 1.82) is 0 Å². The highest BCUT2D eigenvalue weighted by Crippen LogP contribution is 2.34. The van der Waals surface area contributed by atoms with Crippen LogP contribution in [-0.4, -0.2) is 46.0 Å². The van der Waals surface area contributed by atoms with Crippen LogP contribution in [0.1, 0.15) is 32.8 Å². The van der Waals surface area contributed by atoms with Crippen molar-refractivity contribution in [2.24, 2.45) is 0 Å². The highest BCUT2D eigenvalue weighted by atomic mass is 19.1. The van der Waals surface area contributed by atoms with Gasteiger partial charge in [0, 0.05) is 13.1 Å². The number of nitrogens with zero attached hydrogens (tertiary/aromatic N) is 2. The molecule has 0 bridgehead atoms. The van der Waals surface area contributed by atoms with Gasteiger partial charge in [-0.15, -0.1) is 0 Å². The molecule has 1 aromatic carbocycles. The summed E-state index contributed by atoms with van der Waals surface area (Å²) >= 11 is 0. The lowest BCUT2D eigenvalue weighted by molar-refractivity contribution is -0.0108. The second-order valence-corrected chi connectivity index (χ2v) is 7.18. The number of furan rings is 1. The van der Waals surface area contributed by atoms with Crippen molar-refractivity contribution in [3.8, 4) is 0 Å². The summed E-state index contributed by atoms with van der Waals surface area (Å²) in [6, 6.07) is 13.1. The Morgan fingerprint density at radius 2 is 2.00 bits per heavy atom. The maximum atomic E-state index is 13.2. The molecule has 4 rings (SSSR count). The summed E-state index contributed by atoms with van der Waals surface area (Å²) in [4.78, 5) is 30.9. The summed E-state index contributed by atoms with van der Waals surface area (Å²) in [5.41, 5.74) is 0.0230. The zero-order valence-electron chi connectivity index (χ0n) is 16.0. The maximum absolute atomic E-state index is 13.2. The first-order valence-electron chi connectivity index (χ1n) is 9.49. The number of aliphatic hydroxyl groups is 1. The number of pyridine rings is 1. The molecule has 8 heteroatoms. The highest BCUT2D eigenvalue weighted by molar-refractivity contribution is 5.94. The first-order chi connectivity index (χ1) is 14.5. The zero-order chi connectivity index (χ0) is 21.1. The van der Waals surface area contributed by atoms with Crippen molar-refractivity contribution in [1.82, 2.24) is 15.2 Å². The molecule has 0 spiro atoms. The van der Waals surface area contributed by atoms with E-state index in [0.29, 0.717) is 17.7 Å². The number of hydrogen-bond acceptors (Lipinski definition) is 5. The molecule has 1 aliphatic rings. The number of piperidine rings is 1. The van der Waals surface area contributed by atoms with Crippen LogP contribution in [0.25, 0.3) is 0 Å². The number of hydrogen-bond donors (Lipinski definition) is 2. The molecule has 1 aliphatic heterocycles. The molecule has 1 fully saturated rings. The fourth-order valence-electron chi connectivity index (χ4n) is 3.75. The molecule has 2 N–H and O–H groups in total. The summed E-state index contributed by atoms with van der Waals surface area (Å²) in [5.74, 6) is -1.33. The van der Waals surface area contributed by atoms with E-state index in [1.54, 1.807) is 6.07 Å². The lowest BCUT2D eigenvalue weighted by atomic mass is 9.78. The number of benzene rings is 1. The molecular formula is C22H20FN3O4. The van der Waals surface area contributed by atoms with Gasteiger partial charge in [-0.3, -0.25) is 9.59 Å². The Bertz CT molecular complexity index is 1020. The molecule has 7 nitrogen and oxygen atoms in total. The first kappa shape index (κ1) is 19.8. The molecule has 0 radical (unpaired) electrons. The lowest BCUT2D eigenvalue weighted by Gasteiger charge is -2.46. The van der Waals surface area contributed by atoms with E-state index in [2.05, 4.69) is 10.3 Å². The molecule has 2 atom stereocenters. The number of rotatable bonds is 4. The minimum atomic E-state index is -1.12.